The lowest BCUT2D eigenvalue weighted by Crippen LogP contribution is -2.42. The van der Waals surface area contributed by atoms with Crippen LogP contribution in [0.5, 0.6) is 34.5 Å². The third-order valence-electron chi connectivity index (χ3n) is 8.45. The second-order valence-corrected chi connectivity index (χ2v) is 13.5. The lowest BCUT2D eigenvalue weighted by Gasteiger charge is -2.21. The topological polar surface area (TPSA) is 293 Å². The molecule has 0 aliphatic heterocycles. The summed E-state index contributed by atoms with van der Waals surface area (Å²) in [5.74, 6) is -0.605. The minimum absolute atomic E-state index is 0.0628. The number of nitrogens with two attached hydrogens (primary N) is 6. The average molecular weight is 836 g/mol. The zero-order chi connectivity index (χ0) is 43.1. The van der Waals surface area contributed by atoms with Crippen LogP contribution in [0.25, 0.3) is 0 Å². The van der Waals surface area contributed by atoms with Crippen LogP contribution in [0.15, 0.2) is 24.3 Å². The Kier molecular flexibility index (Phi) is 26.9. The molecular formula is C41H69N7O11. The summed E-state index contributed by atoms with van der Waals surface area (Å²) in [7, 11) is 0. The Bertz CT molecular complexity index is 1350. The van der Waals surface area contributed by atoms with Crippen molar-refractivity contribution in [1.29, 1.82) is 0 Å². The monoisotopic (exact) mass is 836 g/mol. The van der Waals surface area contributed by atoms with Gasteiger partial charge in [0, 0.05) is 45.7 Å². The summed E-state index contributed by atoms with van der Waals surface area (Å²) in [6.07, 6.45) is 10.1. The average Bonchev–Trinajstić information content (AvgIpc) is 3.24. The zero-order valence-electron chi connectivity index (χ0n) is 34.8. The predicted octanol–water partition coefficient (Wildman–Crippen LogP) is 2.13. The second kappa shape index (κ2) is 31.3. The van der Waals surface area contributed by atoms with Crippen LogP contribution in [-0.4, -0.2) is 116 Å². The molecule has 0 heterocycles. The van der Waals surface area contributed by atoms with E-state index in [4.69, 9.17) is 72.3 Å². The minimum Gasteiger partial charge on any atom is -0.488 e. The summed E-state index contributed by atoms with van der Waals surface area (Å²) in [6, 6.07) is 4.83. The van der Waals surface area contributed by atoms with E-state index in [0.717, 1.165) is 19.3 Å². The van der Waals surface area contributed by atoms with Gasteiger partial charge >= 0.3 is 11.9 Å². The normalized spacial score (nSPS) is 10.9. The molecule has 334 valence electrons. The standard InChI is InChI=1S/C41H69N7O11/c1-2-3-4-5-6-7-8-9-10-11-37(49)48-32(28-58-40(50)30-24-33(52-18-12-42)38(56-22-16-46)34(25-30)53-19-13-43)29-59-41(51)31-26-35(54-20-14-44)39(57-23-17-47)36(27-31)55-21-15-45/h24-27,32H,2-23,28-29,42-47H2,1H3,(H,48,49). The van der Waals surface area contributed by atoms with Crippen molar-refractivity contribution in [1.82, 2.24) is 5.32 Å². The number of hydrogen-bond donors (Lipinski definition) is 7. The Balaban J connectivity index is 2.31. The molecule has 0 unspecified atom stereocenters. The van der Waals surface area contributed by atoms with Crippen molar-refractivity contribution in [3.63, 3.8) is 0 Å². The molecule has 0 aromatic heterocycles. The van der Waals surface area contributed by atoms with Crippen molar-refractivity contribution in [2.24, 2.45) is 34.4 Å². The molecule has 0 fully saturated rings. The summed E-state index contributed by atoms with van der Waals surface area (Å²) in [4.78, 5) is 40.3. The fourth-order valence-electron chi connectivity index (χ4n) is 5.65. The van der Waals surface area contributed by atoms with E-state index in [2.05, 4.69) is 12.2 Å². The maximum absolute atomic E-state index is 13.6. The predicted molar refractivity (Wildman–Crippen MR) is 225 cm³/mol. The van der Waals surface area contributed by atoms with Gasteiger partial charge in [0.15, 0.2) is 23.0 Å². The van der Waals surface area contributed by atoms with E-state index in [0.29, 0.717) is 6.42 Å². The van der Waals surface area contributed by atoms with E-state index in [9.17, 15) is 14.4 Å². The fourth-order valence-corrected chi connectivity index (χ4v) is 5.65. The maximum Gasteiger partial charge on any atom is 0.338 e. The van der Waals surface area contributed by atoms with Crippen LogP contribution in [0.2, 0.25) is 0 Å². The van der Waals surface area contributed by atoms with Gasteiger partial charge in [-0.3, -0.25) is 4.79 Å². The number of ether oxygens (including phenoxy) is 8. The molecule has 59 heavy (non-hydrogen) atoms. The quantitative estimate of drug-likeness (QED) is 0.0387. The number of hydrogen-bond acceptors (Lipinski definition) is 17. The lowest BCUT2D eigenvalue weighted by atomic mass is 10.1. The second-order valence-electron chi connectivity index (χ2n) is 13.5. The molecule has 0 atom stereocenters. The van der Waals surface area contributed by atoms with Crippen LogP contribution in [0.1, 0.15) is 91.8 Å². The third-order valence-corrected chi connectivity index (χ3v) is 8.45. The van der Waals surface area contributed by atoms with Crippen molar-refractivity contribution in [2.75, 3.05) is 92.1 Å². The first-order valence-corrected chi connectivity index (χ1v) is 20.7. The first-order valence-electron chi connectivity index (χ1n) is 20.7. The van der Waals surface area contributed by atoms with E-state index in [1.54, 1.807) is 0 Å². The van der Waals surface area contributed by atoms with Crippen molar-refractivity contribution in [3.8, 4) is 34.5 Å². The smallest absolute Gasteiger partial charge is 0.338 e. The first-order chi connectivity index (χ1) is 28.8. The van der Waals surface area contributed by atoms with Gasteiger partial charge in [-0.05, 0) is 30.7 Å². The van der Waals surface area contributed by atoms with Crippen LogP contribution < -0.4 is 68.1 Å². The van der Waals surface area contributed by atoms with Crippen molar-refractivity contribution in [3.05, 3.63) is 35.4 Å². The fraction of sp³-hybridized carbons (Fsp3) is 0.634. The molecule has 0 saturated carbocycles. The van der Waals surface area contributed by atoms with Crippen LogP contribution >= 0.6 is 0 Å². The Labute approximate surface area is 348 Å². The molecule has 0 saturated heterocycles. The summed E-state index contributed by atoms with van der Waals surface area (Å²) >= 11 is 0. The van der Waals surface area contributed by atoms with Crippen LogP contribution in [-0.2, 0) is 14.3 Å². The third kappa shape index (κ3) is 19.8. The first kappa shape index (κ1) is 50.6. The summed E-state index contributed by atoms with van der Waals surface area (Å²) in [5.41, 5.74) is 34.1. The maximum atomic E-state index is 13.6. The SMILES string of the molecule is CCCCCCCCCCCC(=O)NC(COC(=O)c1cc(OCCN)c(OCCN)c(OCCN)c1)COC(=O)c1cc(OCCN)c(OCCN)c(OCCN)c1. The van der Waals surface area contributed by atoms with Crippen molar-refractivity contribution >= 4 is 17.8 Å². The van der Waals surface area contributed by atoms with Gasteiger partial charge in [-0.1, -0.05) is 58.3 Å². The number of rotatable bonds is 35. The molecular weight excluding hydrogens is 766 g/mol. The molecule has 0 aliphatic carbocycles. The van der Waals surface area contributed by atoms with Gasteiger partial charge in [0.1, 0.15) is 52.9 Å². The number of amides is 1. The van der Waals surface area contributed by atoms with E-state index < -0.39 is 18.0 Å². The minimum atomic E-state index is -0.921. The molecule has 0 aliphatic rings. The number of unbranched alkanes of at least 4 members (excludes halogenated alkanes) is 8. The van der Waals surface area contributed by atoms with Gasteiger partial charge in [-0.2, -0.15) is 0 Å². The molecule has 13 N–H and O–H groups in total. The summed E-state index contributed by atoms with van der Waals surface area (Å²) < 4.78 is 46.1. The van der Waals surface area contributed by atoms with Gasteiger partial charge in [-0.15, -0.1) is 0 Å². The molecule has 0 spiro atoms. The number of esters is 2. The van der Waals surface area contributed by atoms with Gasteiger partial charge in [0.05, 0.1) is 17.2 Å². The van der Waals surface area contributed by atoms with E-state index in [1.165, 1.54) is 56.4 Å². The van der Waals surface area contributed by atoms with Gasteiger partial charge in [0.25, 0.3) is 0 Å². The largest absolute Gasteiger partial charge is 0.488 e. The van der Waals surface area contributed by atoms with Crippen LogP contribution in [0.3, 0.4) is 0 Å². The number of nitrogens with one attached hydrogen (secondary N) is 1. The number of benzene rings is 2. The molecule has 18 heteroatoms. The molecule has 2 aromatic rings. The van der Waals surface area contributed by atoms with Gasteiger partial charge < -0.3 is 77.6 Å². The Morgan fingerprint density at radius 2 is 0.814 bits per heavy atom. The highest BCUT2D eigenvalue weighted by Gasteiger charge is 2.24. The molecule has 0 bridgehead atoms. The lowest BCUT2D eigenvalue weighted by molar-refractivity contribution is -0.122. The van der Waals surface area contributed by atoms with E-state index in [1.807, 2.05) is 0 Å². The number of carbonyl (C=O) groups excluding carboxylic acids is 3. The van der Waals surface area contributed by atoms with Crippen LogP contribution in [0, 0.1) is 0 Å². The summed E-state index contributed by atoms with van der Waals surface area (Å²) in [6.45, 7) is 3.50. The Hall–Kier alpha value is -4.59. The van der Waals surface area contributed by atoms with E-state index in [-0.39, 0.29) is 150 Å². The molecule has 2 rings (SSSR count). The molecule has 0 radical (unpaired) electrons. The summed E-state index contributed by atoms with van der Waals surface area (Å²) in [5, 5.41) is 2.87. The molecule has 2 aromatic carbocycles. The Morgan fingerprint density at radius 3 is 1.15 bits per heavy atom. The highest BCUT2D eigenvalue weighted by molar-refractivity contribution is 5.92. The zero-order valence-corrected chi connectivity index (χ0v) is 34.8. The number of carbonyl (C=O) groups is 3. The van der Waals surface area contributed by atoms with Gasteiger partial charge in [-0.25, -0.2) is 9.59 Å². The van der Waals surface area contributed by atoms with Crippen molar-refractivity contribution < 1.29 is 52.3 Å². The Morgan fingerprint density at radius 1 is 0.492 bits per heavy atom. The highest BCUT2D eigenvalue weighted by atomic mass is 16.6. The van der Waals surface area contributed by atoms with Crippen molar-refractivity contribution in [2.45, 2.75) is 77.2 Å². The van der Waals surface area contributed by atoms with Crippen LogP contribution in [0.4, 0.5) is 0 Å². The molecule has 18 nitrogen and oxygen atoms in total. The highest BCUT2D eigenvalue weighted by Crippen LogP contribution is 2.40. The van der Waals surface area contributed by atoms with Gasteiger partial charge in [0.2, 0.25) is 17.4 Å². The van der Waals surface area contributed by atoms with E-state index >= 15 is 0 Å². The molecule has 1 amide bonds.